The summed E-state index contributed by atoms with van der Waals surface area (Å²) in [5.41, 5.74) is 5.80. The van der Waals surface area contributed by atoms with Crippen LogP contribution in [0.2, 0.25) is 0 Å². The largest absolute Gasteiger partial charge is 0.398 e. The number of unbranched alkanes of at least 4 members (excludes halogenated alkanes) is 1. The molecule has 114 valence electrons. The Morgan fingerprint density at radius 2 is 2.10 bits per heavy atom. The van der Waals surface area contributed by atoms with Crippen molar-refractivity contribution >= 4 is 15.7 Å². The number of aromatic nitrogens is 1. The number of nitrogen functional groups attached to an aromatic ring is 1. The molecule has 0 aromatic carbocycles. The number of rotatable bonds is 10. The lowest BCUT2D eigenvalue weighted by Crippen LogP contribution is -2.26. The first kappa shape index (κ1) is 16.8. The lowest BCUT2D eigenvalue weighted by atomic mass is 10.3. The average molecular weight is 303 g/mol. The highest BCUT2D eigenvalue weighted by Crippen LogP contribution is 2.15. The summed E-state index contributed by atoms with van der Waals surface area (Å²) in [6.45, 7) is 2.03. The number of nitrogens with two attached hydrogens (primary N) is 1. The van der Waals surface area contributed by atoms with E-state index in [2.05, 4.69) is 9.71 Å². The Bertz CT molecular complexity index is 493. The third kappa shape index (κ3) is 5.83. The van der Waals surface area contributed by atoms with Gasteiger partial charge in [-0.15, -0.1) is 0 Å². The molecule has 0 aliphatic carbocycles. The molecule has 1 heterocycles. The van der Waals surface area contributed by atoms with Crippen LogP contribution < -0.4 is 10.5 Å². The zero-order valence-corrected chi connectivity index (χ0v) is 12.4. The minimum Gasteiger partial charge on any atom is -0.398 e. The number of anilines is 1. The maximum absolute atomic E-state index is 11.9. The molecule has 0 spiro atoms. The topological polar surface area (TPSA) is 104 Å². The zero-order valence-electron chi connectivity index (χ0n) is 11.5. The number of sulfonamides is 1. The number of hydrogen-bond donors (Lipinski definition) is 2. The van der Waals surface area contributed by atoms with Crippen molar-refractivity contribution in [1.82, 2.24) is 9.71 Å². The lowest BCUT2D eigenvalue weighted by molar-refractivity contribution is 0.0689. The van der Waals surface area contributed by atoms with Gasteiger partial charge >= 0.3 is 0 Å². The van der Waals surface area contributed by atoms with Gasteiger partial charge in [-0.1, -0.05) is 0 Å². The van der Waals surface area contributed by atoms with Crippen LogP contribution in [0, 0.1) is 0 Å². The number of hydrogen-bond acceptors (Lipinski definition) is 6. The molecule has 0 atom stereocenters. The molecule has 0 bridgehead atoms. The molecule has 1 rings (SSSR count). The average Bonchev–Trinajstić information content (AvgIpc) is 2.42. The van der Waals surface area contributed by atoms with Crippen LogP contribution in [0.25, 0.3) is 0 Å². The summed E-state index contributed by atoms with van der Waals surface area (Å²) in [7, 11) is -1.98. The number of nitrogens with one attached hydrogen (secondary N) is 1. The second-order valence-electron chi connectivity index (χ2n) is 4.12. The first-order chi connectivity index (χ1) is 9.58. The van der Waals surface area contributed by atoms with E-state index in [0.29, 0.717) is 32.8 Å². The van der Waals surface area contributed by atoms with E-state index in [1.54, 1.807) is 7.11 Å². The van der Waals surface area contributed by atoms with Gasteiger partial charge in [-0.05, 0) is 18.9 Å². The highest BCUT2D eigenvalue weighted by Gasteiger charge is 2.16. The quantitative estimate of drug-likeness (QED) is 0.606. The van der Waals surface area contributed by atoms with Gasteiger partial charge in [0.15, 0.2) is 0 Å². The van der Waals surface area contributed by atoms with Crippen molar-refractivity contribution in [3.05, 3.63) is 18.5 Å². The van der Waals surface area contributed by atoms with Crippen LogP contribution in [0.15, 0.2) is 23.4 Å². The van der Waals surface area contributed by atoms with E-state index in [4.69, 9.17) is 15.2 Å². The van der Waals surface area contributed by atoms with Crippen LogP contribution in [-0.4, -0.2) is 46.9 Å². The van der Waals surface area contributed by atoms with Gasteiger partial charge in [0, 0.05) is 32.7 Å². The van der Waals surface area contributed by atoms with Gasteiger partial charge in [-0.2, -0.15) is 0 Å². The normalized spacial score (nSPS) is 11.7. The number of methoxy groups -OCH3 is 1. The molecule has 0 radical (unpaired) electrons. The highest BCUT2D eigenvalue weighted by molar-refractivity contribution is 7.89. The molecule has 0 unspecified atom stereocenters. The van der Waals surface area contributed by atoms with Gasteiger partial charge in [-0.25, -0.2) is 13.1 Å². The zero-order chi connectivity index (χ0) is 14.8. The Hall–Kier alpha value is -1.22. The van der Waals surface area contributed by atoms with Gasteiger partial charge in [0.1, 0.15) is 4.90 Å². The summed E-state index contributed by atoms with van der Waals surface area (Å²) in [6.07, 6.45) is 4.15. The molecule has 3 N–H and O–H groups in total. The number of ether oxygens (including phenoxy) is 2. The van der Waals surface area contributed by atoms with Crippen LogP contribution in [0.4, 0.5) is 5.69 Å². The molecule has 20 heavy (non-hydrogen) atoms. The third-order valence-corrected chi connectivity index (χ3v) is 4.05. The fraction of sp³-hybridized carbons (Fsp3) is 0.583. The van der Waals surface area contributed by atoms with Gasteiger partial charge in [0.25, 0.3) is 0 Å². The second-order valence-corrected chi connectivity index (χ2v) is 5.86. The summed E-state index contributed by atoms with van der Waals surface area (Å²) in [6, 6.07) is 1.46. The lowest BCUT2D eigenvalue weighted by Gasteiger charge is -2.08. The Morgan fingerprint density at radius 3 is 2.80 bits per heavy atom. The molecular weight excluding hydrogens is 282 g/mol. The van der Waals surface area contributed by atoms with Crippen molar-refractivity contribution in [3.8, 4) is 0 Å². The number of pyridine rings is 1. The summed E-state index contributed by atoms with van der Waals surface area (Å²) in [5, 5.41) is 0. The van der Waals surface area contributed by atoms with Crippen molar-refractivity contribution < 1.29 is 17.9 Å². The molecule has 0 aliphatic heterocycles. The Labute approximate surface area is 119 Å². The molecule has 8 heteroatoms. The van der Waals surface area contributed by atoms with Crippen LogP contribution in [0.1, 0.15) is 12.8 Å². The minimum atomic E-state index is -3.59. The van der Waals surface area contributed by atoms with Crippen molar-refractivity contribution in [1.29, 1.82) is 0 Å². The molecule has 0 aliphatic rings. The first-order valence-electron chi connectivity index (χ1n) is 6.34. The number of nitrogens with zero attached hydrogens (tertiary/aromatic N) is 1. The van der Waals surface area contributed by atoms with Gasteiger partial charge < -0.3 is 15.2 Å². The Balaban J connectivity index is 2.26. The van der Waals surface area contributed by atoms with E-state index >= 15 is 0 Å². The molecular formula is C12H21N3O4S. The van der Waals surface area contributed by atoms with E-state index < -0.39 is 10.0 Å². The maximum atomic E-state index is 11.9. The third-order valence-electron chi connectivity index (χ3n) is 2.55. The van der Waals surface area contributed by atoms with Crippen LogP contribution in [-0.2, 0) is 19.5 Å². The van der Waals surface area contributed by atoms with Gasteiger partial charge in [0.2, 0.25) is 10.0 Å². The SMILES string of the molecule is COCCOCCCCNS(=O)(=O)c1cnccc1N. The van der Waals surface area contributed by atoms with E-state index in [9.17, 15) is 8.42 Å². The van der Waals surface area contributed by atoms with Crippen LogP contribution in [0.5, 0.6) is 0 Å². The fourth-order valence-electron chi connectivity index (χ4n) is 1.47. The summed E-state index contributed by atoms with van der Waals surface area (Å²) < 4.78 is 36.5. The van der Waals surface area contributed by atoms with Crippen molar-refractivity contribution in [2.24, 2.45) is 0 Å². The maximum Gasteiger partial charge on any atom is 0.244 e. The van der Waals surface area contributed by atoms with Crippen LogP contribution >= 0.6 is 0 Å². The van der Waals surface area contributed by atoms with E-state index in [1.165, 1.54) is 18.5 Å². The van der Waals surface area contributed by atoms with Crippen molar-refractivity contribution in [3.63, 3.8) is 0 Å². The van der Waals surface area contributed by atoms with Crippen LogP contribution in [0.3, 0.4) is 0 Å². The molecule has 0 saturated carbocycles. The van der Waals surface area contributed by atoms with Crippen molar-refractivity contribution in [2.45, 2.75) is 17.7 Å². The van der Waals surface area contributed by atoms with Crippen molar-refractivity contribution in [2.75, 3.05) is 39.2 Å². The molecule has 0 saturated heterocycles. The smallest absolute Gasteiger partial charge is 0.244 e. The summed E-state index contributed by atoms with van der Waals surface area (Å²) in [4.78, 5) is 3.78. The molecule has 0 amide bonds. The Kier molecular flexibility index (Phi) is 7.45. The second kappa shape index (κ2) is 8.85. The predicted octanol–water partition coefficient (Wildman–Crippen LogP) is 0.385. The minimum absolute atomic E-state index is 0.0105. The van der Waals surface area contributed by atoms with Gasteiger partial charge in [0.05, 0.1) is 18.9 Å². The van der Waals surface area contributed by atoms with E-state index in [0.717, 1.165) is 6.42 Å². The summed E-state index contributed by atoms with van der Waals surface area (Å²) in [5.74, 6) is 0. The first-order valence-corrected chi connectivity index (χ1v) is 7.82. The molecule has 7 nitrogen and oxygen atoms in total. The standard InChI is InChI=1S/C12H21N3O4S/c1-18-8-9-19-7-3-2-5-15-20(16,17)12-10-14-6-4-11(12)13/h4,6,10,15H,2-3,5,7-9H2,1H3,(H2,13,14). The summed E-state index contributed by atoms with van der Waals surface area (Å²) >= 11 is 0. The monoisotopic (exact) mass is 303 g/mol. The highest BCUT2D eigenvalue weighted by atomic mass is 32.2. The van der Waals surface area contributed by atoms with Gasteiger partial charge in [-0.3, -0.25) is 4.98 Å². The Morgan fingerprint density at radius 1 is 1.30 bits per heavy atom. The van der Waals surface area contributed by atoms with E-state index in [1.807, 2.05) is 0 Å². The predicted molar refractivity (Wildman–Crippen MR) is 75.8 cm³/mol. The van der Waals surface area contributed by atoms with E-state index in [-0.39, 0.29) is 10.6 Å². The fourth-order valence-corrected chi connectivity index (χ4v) is 2.62. The molecule has 1 aromatic rings. The molecule has 1 aromatic heterocycles. The molecule has 0 fully saturated rings.